The lowest BCUT2D eigenvalue weighted by Gasteiger charge is -2.17. The molecule has 2 rings (SSSR count). The number of hydrogen-bond acceptors (Lipinski definition) is 3. The molecule has 3 N–H and O–H groups in total. The fourth-order valence-corrected chi connectivity index (χ4v) is 1.90. The molecule has 0 unspecified atom stereocenters. The summed E-state index contributed by atoms with van der Waals surface area (Å²) in [5.74, 6) is 5.88. The summed E-state index contributed by atoms with van der Waals surface area (Å²) >= 11 is 0. The van der Waals surface area contributed by atoms with Crippen molar-refractivity contribution in [3.8, 4) is 5.75 Å². The molecule has 0 radical (unpaired) electrons. The van der Waals surface area contributed by atoms with Gasteiger partial charge in [0.25, 0.3) is 0 Å². The van der Waals surface area contributed by atoms with Crippen LogP contribution in [-0.2, 0) is 17.6 Å². The van der Waals surface area contributed by atoms with Crippen LogP contribution in [0.3, 0.4) is 0 Å². The van der Waals surface area contributed by atoms with Crippen LogP contribution in [-0.4, -0.2) is 12.5 Å². The first-order chi connectivity index (χ1) is 7.79. The number of aryl methyl sites for hydroxylation is 2. The molecular weight excluding hydrogens is 204 g/mol. The van der Waals surface area contributed by atoms with Gasteiger partial charge in [-0.2, -0.15) is 0 Å². The van der Waals surface area contributed by atoms with E-state index in [1.807, 2.05) is 12.1 Å². The average molecular weight is 220 g/mol. The highest BCUT2D eigenvalue weighted by atomic mass is 16.5. The van der Waals surface area contributed by atoms with Crippen LogP contribution in [0.25, 0.3) is 0 Å². The second kappa shape index (κ2) is 4.99. The number of nitrogens with two attached hydrogens (primary N) is 1. The van der Waals surface area contributed by atoms with E-state index in [0.29, 0.717) is 6.42 Å². The van der Waals surface area contributed by atoms with Gasteiger partial charge in [0.15, 0.2) is 0 Å². The Bertz CT molecular complexity index is 391. The summed E-state index contributed by atoms with van der Waals surface area (Å²) in [6.07, 6.45) is 3.28. The van der Waals surface area contributed by atoms with Gasteiger partial charge in [0, 0.05) is 6.42 Å². The quantitative estimate of drug-likeness (QED) is 0.452. The molecule has 1 aromatic carbocycles. The summed E-state index contributed by atoms with van der Waals surface area (Å²) in [6, 6.07) is 6.12. The Balaban J connectivity index is 2.03. The van der Waals surface area contributed by atoms with Crippen LogP contribution >= 0.6 is 0 Å². The maximum atomic E-state index is 11.0. The van der Waals surface area contributed by atoms with Gasteiger partial charge in [-0.25, -0.2) is 5.84 Å². The van der Waals surface area contributed by atoms with E-state index < -0.39 is 0 Å². The van der Waals surface area contributed by atoms with Crippen molar-refractivity contribution in [1.82, 2.24) is 5.43 Å². The van der Waals surface area contributed by atoms with Crippen LogP contribution in [0.4, 0.5) is 0 Å². The molecule has 16 heavy (non-hydrogen) atoms. The minimum atomic E-state index is -0.131. The number of hydrogen-bond donors (Lipinski definition) is 2. The summed E-state index contributed by atoms with van der Waals surface area (Å²) in [5, 5.41) is 0. The maximum Gasteiger partial charge on any atom is 0.234 e. The number of hydrazine groups is 1. The Kier molecular flexibility index (Phi) is 3.41. The second-order valence-corrected chi connectivity index (χ2v) is 3.96. The lowest BCUT2D eigenvalue weighted by molar-refractivity contribution is -0.121. The maximum absolute atomic E-state index is 11.0. The van der Waals surface area contributed by atoms with Crippen molar-refractivity contribution < 1.29 is 9.53 Å². The predicted molar refractivity (Wildman–Crippen MR) is 60.9 cm³/mol. The molecule has 0 saturated heterocycles. The summed E-state index contributed by atoms with van der Waals surface area (Å²) in [6.45, 7) is 0.807. The zero-order valence-electron chi connectivity index (χ0n) is 9.16. The number of carbonyl (C=O) groups is 1. The van der Waals surface area contributed by atoms with Crippen molar-refractivity contribution in [2.75, 3.05) is 6.61 Å². The van der Waals surface area contributed by atoms with Crippen molar-refractivity contribution in [2.24, 2.45) is 5.84 Å². The van der Waals surface area contributed by atoms with Crippen molar-refractivity contribution in [3.63, 3.8) is 0 Å². The van der Waals surface area contributed by atoms with Crippen molar-refractivity contribution in [3.05, 3.63) is 29.3 Å². The van der Waals surface area contributed by atoms with Crippen LogP contribution in [0.5, 0.6) is 5.75 Å². The van der Waals surface area contributed by atoms with E-state index in [-0.39, 0.29) is 5.91 Å². The van der Waals surface area contributed by atoms with Crippen molar-refractivity contribution in [1.29, 1.82) is 0 Å². The third kappa shape index (κ3) is 2.52. The molecule has 1 amide bonds. The summed E-state index contributed by atoms with van der Waals surface area (Å²) < 4.78 is 5.53. The van der Waals surface area contributed by atoms with Crippen LogP contribution in [0, 0.1) is 0 Å². The standard InChI is InChI=1S/C12H16N2O2/c13-14-12(15)6-4-9-3-5-11-10(8-9)2-1-7-16-11/h3,5,8H,1-2,4,6-7,13H2,(H,14,15). The van der Waals surface area contributed by atoms with E-state index in [1.165, 1.54) is 5.56 Å². The zero-order chi connectivity index (χ0) is 11.4. The molecule has 0 fully saturated rings. The van der Waals surface area contributed by atoms with Gasteiger partial charge in [-0.3, -0.25) is 10.2 Å². The van der Waals surface area contributed by atoms with Crippen molar-refractivity contribution >= 4 is 5.91 Å². The van der Waals surface area contributed by atoms with Gasteiger partial charge in [-0.15, -0.1) is 0 Å². The van der Waals surface area contributed by atoms with Gasteiger partial charge in [-0.05, 0) is 36.5 Å². The number of carbonyl (C=O) groups excluding carboxylic acids is 1. The van der Waals surface area contributed by atoms with E-state index in [0.717, 1.165) is 37.2 Å². The first kappa shape index (κ1) is 11.0. The lowest BCUT2D eigenvalue weighted by atomic mass is 10.0. The van der Waals surface area contributed by atoms with E-state index in [2.05, 4.69) is 11.5 Å². The molecule has 1 aromatic rings. The number of rotatable bonds is 3. The first-order valence-corrected chi connectivity index (χ1v) is 5.53. The number of ether oxygens (including phenoxy) is 1. The van der Waals surface area contributed by atoms with Crippen LogP contribution in [0.1, 0.15) is 24.0 Å². The van der Waals surface area contributed by atoms with Gasteiger partial charge in [0.05, 0.1) is 6.61 Å². The van der Waals surface area contributed by atoms with E-state index in [9.17, 15) is 4.79 Å². The molecule has 86 valence electrons. The Morgan fingerprint density at radius 2 is 2.38 bits per heavy atom. The zero-order valence-corrected chi connectivity index (χ0v) is 9.16. The van der Waals surface area contributed by atoms with Crippen molar-refractivity contribution in [2.45, 2.75) is 25.7 Å². The summed E-state index contributed by atoms with van der Waals surface area (Å²) in [5.41, 5.74) is 4.54. The average Bonchev–Trinajstić information content (AvgIpc) is 2.35. The third-order valence-corrected chi connectivity index (χ3v) is 2.77. The fourth-order valence-electron chi connectivity index (χ4n) is 1.90. The molecule has 0 saturated carbocycles. The van der Waals surface area contributed by atoms with E-state index in [4.69, 9.17) is 10.6 Å². The Hall–Kier alpha value is -1.55. The lowest BCUT2D eigenvalue weighted by Crippen LogP contribution is -2.30. The molecule has 0 aliphatic carbocycles. The molecule has 0 aromatic heterocycles. The molecule has 0 atom stereocenters. The highest BCUT2D eigenvalue weighted by Gasteiger charge is 2.10. The highest BCUT2D eigenvalue weighted by molar-refractivity contribution is 5.75. The third-order valence-electron chi connectivity index (χ3n) is 2.77. The molecule has 1 heterocycles. The monoisotopic (exact) mass is 220 g/mol. The Morgan fingerprint density at radius 1 is 1.50 bits per heavy atom. The van der Waals surface area contributed by atoms with Crippen LogP contribution in [0.15, 0.2) is 18.2 Å². The minimum Gasteiger partial charge on any atom is -0.493 e. The Morgan fingerprint density at radius 3 is 3.19 bits per heavy atom. The van der Waals surface area contributed by atoms with Gasteiger partial charge >= 0.3 is 0 Å². The molecule has 0 spiro atoms. The molecule has 1 aliphatic heterocycles. The molecular formula is C12H16N2O2. The van der Waals surface area contributed by atoms with E-state index in [1.54, 1.807) is 0 Å². The fraction of sp³-hybridized carbons (Fsp3) is 0.417. The summed E-state index contributed by atoms with van der Waals surface area (Å²) in [4.78, 5) is 11.0. The van der Waals surface area contributed by atoms with Crippen LogP contribution in [0.2, 0.25) is 0 Å². The number of nitrogens with one attached hydrogen (secondary N) is 1. The number of fused-ring (bicyclic) bond motifs is 1. The molecule has 1 aliphatic rings. The topological polar surface area (TPSA) is 64.3 Å². The van der Waals surface area contributed by atoms with E-state index >= 15 is 0 Å². The van der Waals surface area contributed by atoms with Gasteiger partial charge < -0.3 is 4.74 Å². The minimum absolute atomic E-state index is 0.131. The number of amides is 1. The molecule has 0 bridgehead atoms. The van der Waals surface area contributed by atoms with Gasteiger partial charge in [0.1, 0.15) is 5.75 Å². The molecule has 4 heteroatoms. The second-order valence-electron chi connectivity index (χ2n) is 3.96. The SMILES string of the molecule is NNC(=O)CCc1ccc2c(c1)CCCO2. The van der Waals surface area contributed by atoms with Crippen LogP contribution < -0.4 is 16.0 Å². The Labute approximate surface area is 94.8 Å². The highest BCUT2D eigenvalue weighted by Crippen LogP contribution is 2.25. The van der Waals surface area contributed by atoms with Gasteiger partial charge in [0.2, 0.25) is 5.91 Å². The smallest absolute Gasteiger partial charge is 0.234 e. The molecule has 4 nitrogen and oxygen atoms in total. The normalized spacial score (nSPS) is 13.8. The first-order valence-electron chi connectivity index (χ1n) is 5.53. The predicted octanol–water partition coefficient (Wildman–Crippen LogP) is 0.934. The number of benzene rings is 1. The largest absolute Gasteiger partial charge is 0.493 e. The van der Waals surface area contributed by atoms with Gasteiger partial charge in [-0.1, -0.05) is 12.1 Å². The summed E-state index contributed by atoms with van der Waals surface area (Å²) in [7, 11) is 0.